The molecular formula is C16H17ClN2O. The quantitative estimate of drug-likeness (QED) is 0.837. The number of anilines is 2. The van der Waals surface area contributed by atoms with Crippen molar-refractivity contribution in [2.24, 2.45) is 0 Å². The van der Waals surface area contributed by atoms with Crippen LogP contribution in [-0.4, -0.2) is 5.91 Å². The van der Waals surface area contributed by atoms with Crippen molar-refractivity contribution in [1.82, 2.24) is 0 Å². The van der Waals surface area contributed by atoms with Gasteiger partial charge < -0.3 is 11.1 Å². The van der Waals surface area contributed by atoms with Crippen LogP contribution in [0.1, 0.15) is 28.4 Å². The number of halogens is 1. The standard InChI is InChI=1S/C16H17ClN2O/c1-3-11-6-4-5-10(2)15(11)19-16(20)12-7-13(17)9-14(18)8-12/h4-9H,3,18H2,1-2H3,(H,19,20). The molecule has 1 amide bonds. The molecule has 0 aromatic heterocycles. The maximum atomic E-state index is 12.3. The molecule has 20 heavy (non-hydrogen) atoms. The van der Waals surface area contributed by atoms with Crippen molar-refractivity contribution in [2.75, 3.05) is 11.1 Å². The van der Waals surface area contributed by atoms with E-state index in [9.17, 15) is 4.79 Å². The van der Waals surface area contributed by atoms with Gasteiger partial charge >= 0.3 is 0 Å². The van der Waals surface area contributed by atoms with Crippen molar-refractivity contribution in [3.05, 3.63) is 58.1 Å². The molecule has 0 heterocycles. The van der Waals surface area contributed by atoms with E-state index in [1.165, 1.54) is 0 Å². The zero-order chi connectivity index (χ0) is 14.7. The van der Waals surface area contributed by atoms with Crippen molar-refractivity contribution in [2.45, 2.75) is 20.3 Å². The maximum absolute atomic E-state index is 12.3. The molecule has 0 bridgehead atoms. The lowest BCUT2D eigenvalue weighted by Crippen LogP contribution is -2.14. The van der Waals surface area contributed by atoms with Crippen molar-refractivity contribution in [1.29, 1.82) is 0 Å². The number of nitrogen functional groups attached to an aromatic ring is 1. The topological polar surface area (TPSA) is 55.1 Å². The van der Waals surface area contributed by atoms with E-state index >= 15 is 0 Å². The number of rotatable bonds is 3. The Labute approximate surface area is 123 Å². The zero-order valence-electron chi connectivity index (χ0n) is 11.5. The number of nitrogens with one attached hydrogen (secondary N) is 1. The molecule has 0 spiro atoms. The molecule has 0 radical (unpaired) electrons. The third kappa shape index (κ3) is 3.11. The van der Waals surface area contributed by atoms with Gasteiger partial charge in [-0.2, -0.15) is 0 Å². The first-order valence-electron chi connectivity index (χ1n) is 6.47. The van der Waals surface area contributed by atoms with Crippen LogP contribution < -0.4 is 11.1 Å². The van der Waals surface area contributed by atoms with E-state index in [1.54, 1.807) is 18.2 Å². The van der Waals surface area contributed by atoms with Gasteiger partial charge in [0, 0.05) is 22.0 Å². The number of carbonyl (C=O) groups is 1. The number of amides is 1. The predicted molar refractivity (Wildman–Crippen MR) is 84.4 cm³/mol. The highest BCUT2D eigenvalue weighted by Gasteiger charge is 2.11. The number of hydrogen-bond acceptors (Lipinski definition) is 2. The number of para-hydroxylation sites is 1. The second-order valence-electron chi connectivity index (χ2n) is 4.69. The molecule has 104 valence electrons. The van der Waals surface area contributed by atoms with E-state index in [-0.39, 0.29) is 5.91 Å². The van der Waals surface area contributed by atoms with Crippen LogP contribution in [0.25, 0.3) is 0 Å². The Bertz CT molecular complexity index is 633. The van der Waals surface area contributed by atoms with E-state index in [0.717, 1.165) is 23.2 Å². The third-order valence-electron chi connectivity index (χ3n) is 3.16. The first kappa shape index (κ1) is 14.4. The van der Waals surface area contributed by atoms with Gasteiger partial charge in [0.2, 0.25) is 0 Å². The highest BCUT2D eigenvalue weighted by Crippen LogP contribution is 2.23. The van der Waals surface area contributed by atoms with Crippen LogP contribution in [0.2, 0.25) is 5.02 Å². The highest BCUT2D eigenvalue weighted by molar-refractivity contribution is 6.31. The van der Waals surface area contributed by atoms with E-state index in [4.69, 9.17) is 17.3 Å². The molecule has 0 aliphatic carbocycles. The highest BCUT2D eigenvalue weighted by atomic mass is 35.5. The van der Waals surface area contributed by atoms with Crippen molar-refractivity contribution >= 4 is 28.9 Å². The molecule has 0 aliphatic rings. The van der Waals surface area contributed by atoms with Gasteiger partial charge in [-0.3, -0.25) is 4.79 Å². The number of nitrogens with two attached hydrogens (primary N) is 1. The normalized spacial score (nSPS) is 10.3. The van der Waals surface area contributed by atoms with E-state index < -0.39 is 0 Å². The Morgan fingerprint density at radius 1 is 1.30 bits per heavy atom. The fourth-order valence-corrected chi connectivity index (χ4v) is 2.37. The summed E-state index contributed by atoms with van der Waals surface area (Å²) in [6, 6.07) is 10.8. The molecule has 2 rings (SSSR count). The van der Waals surface area contributed by atoms with Crippen LogP contribution in [0.4, 0.5) is 11.4 Å². The van der Waals surface area contributed by atoms with Crippen LogP contribution in [0.5, 0.6) is 0 Å². The van der Waals surface area contributed by atoms with Gasteiger partial charge in [0.05, 0.1) is 0 Å². The molecule has 0 atom stereocenters. The van der Waals surface area contributed by atoms with E-state index in [2.05, 4.69) is 12.2 Å². The van der Waals surface area contributed by atoms with Gasteiger partial charge in [-0.25, -0.2) is 0 Å². The Morgan fingerprint density at radius 2 is 2.05 bits per heavy atom. The summed E-state index contributed by atoms with van der Waals surface area (Å²) in [6.45, 7) is 4.03. The molecule has 4 heteroatoms. The van der Waals surface area contributed by atoms with Crippen molar-refractivity contribution < 1.29 is 4.79 Å². The fourth-order valence-electron chi connectivity index (χ4n) is 2.13. The molecule has 0 saturated carbocycles. The van der Waals surface area contributed by atoms with Crippen LogP contribution in [0.3, 0.4) is 0 Å². The number of aryl methyl sites for hydroxylation is 2. The van der Waals surface area contributed by atoms with Crippen LogP contribution >= 0.6 is 11.6 Å². The lowest BCUT2D eigenvalue weighted by atomic mass is 10.1. The first-order valence-corrected chi connectivity index (χ1v) is 6.85. The largest absolute Gasteiger partial charge is 0.399 e. The molecule has 0 fully saturated rings. The van der Waals surface area contributed by atoms with E-state index in [0.29, 0.717) is 16.3 Å². The van der Waals surface area contributed by atoms with Gasteiger partial charge in [0.25, 0.3) is 5.91 Å². The number of hydrogen-bond donors (Lipinski definition) is 2. The molecule has 0 aliphatic heterocycles. The molecule has 3 N–H and O–H groups in total. The third-order valence-corrected chi connectivity index (χ3v) is 3.38. The van der Waals surface area contributed by atoms with Gasteiger partial charge in [0.1, 0.15) is 0 Å². The second kappa shape index (κ2) is 5.97. The summed E-state index contributed by atoms with van der Waals surface area (Å²) in [6.07, 6.45) is 0.856. The average Bonchev–Trinajstić information content (AvgIpc) is 2.39. The van der Waals surface area contributed by atoms with Gasteiger partial charge in [-0.05, 0) is 42.7 Å². The minimum Gasteiger partial charge on any atom is -0.399 e. The molecule has 2 aromatic carbocycles. The van der Waals surface area contributed by atoms with Crippen molar-refractivity contribution in [3.8, 4) is 0 Å². The van der Waals surface area contributed by atoms with E-state index in [1.807, 2.05) is 25.1 Å². The summed E-state index contributed by atoms with van der Waals surface area (Å²) in [5.74, 6) is -0.205. The summed E-state index contributed by atoms with van der Waals surface area (Å²) >= 11 is 5.93. The zero-order valence-corrected chi connectivity index (χ0v) is 12.3. The molecule has 0 saturated heterocycles. The Balaban J connectivity index is 2.32. The Morgan fingerprint density at radius 3 is 2.70 bits per heavy atom. The van der Waals surface area contributed by atoms with Gasteiger partial charge in [-0.1, -0.05) is 36.7 Å². The molecule has 3 nitrogen and oxygen atoms in total. The molecular weight excluding hydrogens is 272 g/mol. The monoisotopic (exact) mass is 288 g/mol. The predicted octanol–water partition coefficient (Wildman–Crippen LogP) is 4.05. The minimum atomic E-state index is -0.205. The van der Waals surface area contributed by atoms with Crippen LogP contribution in [-0.2, 0) is 6.42 Å². The first-order chi connectivity index (χ1) is 9.51. The maximum Gasteiger partial charge on any atom is 0.255 e. The lowest BCUT2D eigenvalue weighted by molar-refractivity contribution is 0.102. The molecule has 2 aromatic rings. The number of carbonyl (C=O) groups excluding carboxylic acids is 1. The van der Waals surface area contributed by atoms with Gasteiger partial charge in [0.15, 0.2) is 0 Å². The lowest BCUT2D eigenvalue weighted by Gasteiger charge is -2.13. The van der Waals surface area contributed by atoms with Crippen molar-refractivity contribution in [3.63, 3.8) is 0 Å². The average molecular weight is 289 g/mol. The summed E-state index contributed by atoms with van der Waals surface area (Å²) in [5, 5.41) is 3.40. The summed E-state index contributed by atoms with van der Waals surface area (Å²) in [5.41, 5.74) is 9.65. The van der Waals surface area contributed by atoms with Gasteiger partial charge in [-0.15, -0.1) is 0 Å². The number of benzene rings is 2. The Kier molecular flexibility index (Phi) is 4.30. The Hall–Kier alpha value is -2.00. The van der Waals surface area contributed by atoms with Crippen LogP contribution in [0, 0.1) is 6.92 Å². The fraction of sp³-hybridized carbons (Fsp3) is 0.188. The molecule has 0 unspecified atom stereocenters. The smallest absolute Gasteiger partial charge is 0.255 e. The summed E-state index contributed by atoms with van der Waals surface area (Å²) < 4.78 is 0. The van der Waals surface area contributed by atoms with Crippen LogP contribution in [0.15, 0.2) is 36.4 Å². The SMILES string of the molecule is CCc1cccc(C)c1NC(=O)c1cc(N)cc(Cl)c1. The summed E-state index contributed by atoms with van der Waals surface area (Å²) in [7, 11) is 0. The second-order valence-corrected chi connectivity index (χ2v) is 5.13. The summed E-state index contributed by atoms with van der Waals surface area (Å²) in [4.78, 5) is 12.3. The minimum absolute atomic E-state index is 0.205.